The van der Waals surface area contributed by atoms with Gasteiger partial charge in [-0.25, -0.2) is 0 Å². The Hall–Kier alpha value is -1.97. The topological polar surface area (TPSA) is 65.1 Å². The van der Waals surface area contributed by atoms with Crippen LogP contribution in [0.1, 0.15) is 70.3 Å². The van der Waals surface area contributed by atoms with Crippen molar-refractivity contribution in [2.45, 2.75) is 71.1 Å². The molecule has 25 heavy (non-hydrogen) atoms. The standard InChI is InChI=1S/C21H32N2O2/c1-2-3-4-5-6-7-8-9-10-21(25)22-14-13-17-16-23-20-12-11-18(24)15-19(17)20/h11-12,15-16,23-24H,2-10,13-14H2,1H3,(H,22,25). The Morgan fingerprint density at radius 2 is 1.80 bits per heavy atom. The lowest BCUT2D eigenvalue weighted by atomic mass is 10.1. The van der Waals surface area contributed by atoms with Gasteiger partial charge in [-0.3, -0.25) is 4.79 Å². The second-order valence-electron chi connectivity index (χ2n) is 6.87. The largest absolute Gasteiger partial charge is 0.508 e. The van der Waals surface area contributed by atoms with Crippen LogP contribution in [-0.4, -0.2) is 22.5 Å². The fourth-order valence-electron chi connectivity index (χ4n) is 3.22. The normalized spacial score (nSPS) is 11.1. The van der Waals surface area contributed by atoms with Gasteiger partial charge in [0.25, 0.3) is 0 Å². The molecule has 1 heterocycles. The summed E-state index contributed by atoms with van der Waals surface area (Å²) in [5.74, 6) is 0.417. The number of phenolic OH excluding ortho intramolecular Hbond substituents is 1. The number of unbranched alkanes of at least 4 members (excludes halogenated alkanes) is 7. The summed E-state index contributed by atoms with van der Waals surface area (Å²) in [6.45, 7) is 2.87. The number of fused-ring (bicyclic) bond motifs is 1. The van der Waals surface area contributed by atoms with Crippen LogP contribution in [0.3, 0.4) is 0 Å². The van der Waals surface area contributed by atoms with Crippen LogP contribution in [0.4, 0.5) is 0 Å². The van der Waals surface area contributed by atoms with Crippen molar-refractivity contribution >= 4 is 16.8 Å². The monoisotopic (exact) mass is 344 g/mol. The molecule has 1 amide bonds. The van der Waals surface area contributed by atoms with Gasteiger partial charge < -0.3 is 15.4 Å². The third-order valence-corrected chi connectivity index (χ3v) is 4.72. The van der Waals surface area contributed by atoms with E-state index in [1.807, 2.05) is 12.3 Å². The molecule has 138 valence electrons. The maximum absolute atomic E-state index is 11.9. The number of aromatic hydroxyl groups is 1. The Labute approximate surface area is 151 Å². The molecule has 0 fully saturated rings. The van der Waals surface area contributed by atoms with Crippen molar-refractivity contribution in [1.29, 1.82) is 0 Å². The van der Waals surface area contributed by atoms with Gasteiger partial charge in [-0.1, -0.05) is 51.9 Å². The second kappa shape index (κ2) is 10.8. The molecule has 2 rings (SSSR count). The van der Waals surface area contributed by atoms with Gasteiger partial charge >= 0.3 is 0 Å². The van der Waals surface area contributed by atoms with Crippen LogP contribution in [-0.2, 0) is 11.2 Å². The predicted molar refractivity (Wildman–Crippen MR) is 104 cm³/mol. The molecule has 0 radical (unpaired) electrons. The number of nitrogens with one attached hydrogen (secondary N) is 2. The number of H-pyrrole nitrogens is 1. The van der Waals surface area contributed by atoms with Crippen LogP contribution >= 0.6 is 0 Å². The van der Waals surface area contributed by atoms with Crippen LogP contribution in [0.25, 0.3) is 10.9 Å². The van der Waals surface area contributed by atoms with Crippen molar-refractivity contribution in [1.82, 2.24) is 10.3 Å². The number of carbonyl (C=O) groups is 1. The lowest BCUT2D eigenvalue weighted by Gasteiger charge is -2.05. The first-order valence-corrected chi connectivity index (χ1v) is 9.76. The zero-order valence-electron chi connectivity index (χ0n) is 15.4. The number of aromatic nitrogens is 1. The van der Waals surface area contributed by atoms with Crippen molar-refractivity contribution in [3.05, 3.63) is 30.0 Å². The Kier molecular flexibility index (Phi) is 8.36. The SMILES string of the molecule is CCCCCCCCCCC(=O)NCCc1c[nH]c2ccc(O)cc12. The molecule has 0 aliphatic carbocycles. The van der Waals surface area contributed by atoms with Crippen molar-refractivity contribution in [3.8, 4) is 5.75 Å². The van der Waals surface area contributed by atoms with E-state index in [1.165, 1.54) is 38.5 Å². The molecule has 1 aromatic heterocycles. The third kappa shape index (κ3) is 6.81. The number of rotatable bonds is 12. The highest BCUT2D eigenvalue weighted by Crippen LogP contribution is 2.23. The highest BCUT2D eigenvalue weighted by atomic mass is 16.3. The summed E-state index contributed by atoms with van der Waals surface area (Å²) >= 11 is 0. The van der Waals surface area contributed by atoms with Crippen molar-refractivity contribution in [2.75, 3.05) is 6.54 Å². The van der Waals surface area contributed by atoms with Gasteiger partial charge in [0, 0.05) is 30.1 Å². The van der Waals surface area contributed by atoms with Gasteiger partial charge in [0.2, 0.25) is 5.91 Å². The molecule has 3 N–H and O–H groups in total. The summed E-state index contributed by atoms with van der Waals surface area (Å²) in [5, 5.41) is 13.6. The highest BCUT2D eigenvalue weighted by molar-refractivity contribution is 5.84. The molecule has 0 saturated carbocycles. The lowest BCUT2D eigenvalue weighted by Crippen LogP contribution is -2.25. The Morgan fingerprint density at radius 1 is 1.08 bits per heavy atom. The molecule has 0 bridgehead atoms. The maximum Gasteiger partial charge on any atom is 0.220 e. The van der Waals surface area contributed by atoms with E-state index in [4.69, 9.17) is 0 Å². The van der Waals surface area contributed by atoms with E-state index in [1.54, 1.807) is 12.1 Å². The number of hydrogen-bond donors (Lipinski definition) is 3. The minimum Gasteiger partial charge on any atom is -0.508 e. The van der Waals surface area contributed by atoms with Crippen LogP contribution in [0.2, 0.25) is 0 Å². The fraction of sp³-hybridized carbons (Fsp3) is 0.571. The molecule has 4 heteroatoms. The molecule has 0 atom stereocenters. The third-order valence-electron chi connectivity index (χ3n) is 4.72. The Morgan fingerprint density at radius 3 is 2.56 bits per heavy atom. The smallest absolute Gasteiger partial charge is 0.220 e. The number of amides is 1. The van der Waals surface area contributed by atoms with Crippen LogP contribution in [0, 0.1) is 0 Å². The van der Waals surface area contributed by atoms with E-state index < -0.39 is 0 Å². The molecular formula is C21H32N2O2. The first-order chi connectivity index (χ1) is 12.2. The van der Waals surface area contributed by atoms with Crippen LogP contribution in [0.15, 0.2) is 24.4 Å². The van der Waals surface area contributed by atoms with Crippen LogP contribution in [0.5, 0.6) is 5.75 Å². The van der Waals surface area contributed by atoms with Gasteiger partial charge in [0.1, 0.15) is 5.75 Å². The number of benzene rings is 1. The molecule has 0 unspecified atom stereocenters. The average Bonchev–Trinajstić information content (AvgIpc) is 2.99. The van der Waals surface area contributed by atoms with Crippen LogP contribution < -0.4 is 5.32 Å². The summed E-state index contributed by atoms with van der Waals surface area (Å²) in [6, 6.07) is 5.31. The number of phenols is 1. The summed E-state index contributed by atoms with van der Waals surface area (Å²) in [6.07, 6.45) is 13.4. The minimum absolute atomic E-state index is 0.147. The highest BCUT2D eigenvalue weighted by Gasteiger charge is 2.06. The number of aromatic amines is 1. The molecule has 0 saturated heterocycles. The molecule has 0 aliphatic rings. The summed E-state index contributed by atoms with van der Waals surface area (Å²) in [4.78, 5) is 15.1. The summed E-state index contributed by atoms with van der Waals surface area (Å²) in [5.41, 5.74) is 2.14. The Bertz CT molecular complexity index is 648. The molecule has 4 nitrogen and oxygen atoms in total. The van der Waals surface area contributed by atoms with E-state index in [0.29, 0.717) is 13.0 Å². The van der Waals surface area contributed by atoms with Gasteiger partial charge in [0.05, 0.1) is 0 Å². The average molecular weight is 344 g/mol. The number of hydrogen-bond acceptors (Lipinski definition) is 2. The van der Waals surface area contributed by atoms with E-state index in [-0.39, 0.29) is 11.7 Å². The molecular weight excluding hydrogens is 312 g/mol. The van der Waals surface area contributed by atoms with Crippen molar-refractivity contribution in [3.63, 3.8) is 0 Å². The fourth-order valence-corrected chi connectivity index (χ4v) is 3.22. The van der Waals surface area contributed by atoms with E-state index in [2.05, 4.69) is 17.2 Å². The van der Waals surface area contributed by atoms with E-state index >= 15 is 0 Å². The minimum atomic E-state index is 0.147. The first-order valence-electron chi connectivity index (χ1n) is 9.76. The van der Waals surface area contributed by atoms with E-state index in [9.17, 15) is 9.90 Å². The van der Waals surface area contributed by atoms with Gasteiger partial charge in [-0.2, -0.15) is 0 Å². The zero-order valence-corrected chi connectivity index (χ0v) is 15.4. The van der Waals surface area contributed by atoms with Gasteiger partial charge in [-0.05, 0) is 36.6 Å². The maximum atomic E-state index is 11.9. The molecule has 0 aliphatic heterocycles. The van der Waals surface area contributed by atoms with Gasteiger partial charge in [-0.15, -0.1) is 0 Å². The predicted octanol–water partition coefficient (Wildman–Crippen LogP) is 5.06. The lowest BCUT2D eigenvalue weighted by molar-refractivity contribution is -0.121. The molecule has 0 spiro atoms. The molecule has 2 aromatic rings. The number of carbonyl (C=O) groups excluding carboxylic acids is 1. The Balaban J connectivity index is 1.57. The molecule has 1 aromatic carbocycles. The van der Waals surface area contributed by atoms with Crippen molar-refractivity contribution < 1.29 is 9.90 Å². The first kappa shape index (κ1) is 19.4. The quantitative estimate of drug-likeness (QED) is 0.471. The van der Waals surface area contributed by atoms with E-state index in [0.717, 1.165) is 35.7 Å². The second-order valence-corrected chi connectivity index (χ2v) is 6.87. The summed E-state index contributed by atoms with van der Waals surface area (Å²) in [7, 11) is 0. The zero-order chi connectivity index (χ0) is 17.9. The van der Waals surface area contributed by atoms with Crippen molar-refractivity contribution in [2.24, 2.45) is 0 Å². The van der Waals surface area contributed by atoms with Gasteiger partial charge in [0.15, 0.2) is 0 Å². The summed E-state index contributed by atoms with van der Waals surface area (Å²) < 4.78 is 0.